The summed E-state index contributed by atoms with van der Waals surface area (Å²) >= 11 is 10.2. The first-order chi connectivity index (χ1) is 24.4. The molecule has 4 aromatic heterocycles. The number of fused-ring (bicyclic) bond motifs is 2. The van der Waals surface area contributed by atoms with Crippen LogP contribution in [0.2, 0.25) is 0 Å². The Hall–Kier alpha value is -3.55. The highest BCUT2D eigenvalue weighted by molar-refractivity contribution is 7.79. The van der Waals surface area contributed by atoms with Gasteiger partial charge in [-0.15, -0.1) is 34.0 Å². The fourth-order valence-electron chi connectivity index (χ4n) is 6.09. The van der Waals surface area contributed by atoms with Crippen molar-refractivity contribution in [1.82, 2.24) is 13.6 Å². The maximum atomic E-state index is 13.0. The Morgan fingerprint density at radius 2 is 1.40 bits per heavy atom. The lowest BCUT2D eigenvalue weighted by molar-refractivity contribution is 0.0653. The molecule has 0 saturated carbocycles. The van der Waals surface area contributed by atoms with Crippen LogP contribution in [0.15, 0.2) is 59.0 Å². The Labute approximate surface area is 314 Å². The molecule has 2 aliphatic rings. The van der Waals surface area contributed by atoms with Crippen LogP contribution in [0.4, 0.5) is 0 Å². The minimum Gasteiger partial charge on any atom is -0.298 e. The number of carbonyl (C=O) groups is 2. The van der Waals surface area contributed by atoms with Crippen molar-refractivity contribution >= 4 is 104 Å². The SMILES string of the molecule is CC.CCCCCCc1ccc(C2=CC=C(c3ccc(-c4ccc(-c5cc6c(s5)C(=O)N(CCCC)C6=O)c5nsnc45)s3)/C(=N/S)C2=N)s1. The lowest BCUT2D eigenvalue weighted by Gasteiger charge is -2.16. The third kappa shape index (κ3) is 6.88. The van der Waals surface area contributed by atoms with Gasteiger partial charge in [0, 0.05) is 53.2 Å². The number of nitrogens with one attached hydrogen (secondary N) is 1. The molecule has 0 radical (unpaired) electrons. The van der Waals surface area contributed by atoms with E-state index in [1.165, 1.54) is 46.8 Å². The van der Waals surface area contributed by atoms with Gasteiger partial charge in [-0.05, 0) is 62.4 Å². The largest absolute Gasteiger partial charge is 0.298 e. The number of thiol groups is 1. The van der Waals surface area contributed by atoms with E-state index in [4.69, 9.17) is 5.41 Å². The molecule has 2 amide bonds. The molecule has 0 spiro atoms. The molecule has 0 saturated heterocycles. The number of rotatable bonds is 12. The van der Waals surface area contributed by atoms with E-state index in [1.54, 1.807) is 22.7 Å². The number of aryl methyl sites for hydroxylation is 1. The van der Waals surface area contributed by atoms with E-state index in [1.807, 2.05) is 51.1 Å². The van der Waals surface area contributed by atoms with Gasteiger partial charge in [0.15, 0.2) is 0 Å². The van der Waals surface area contributed by atoms with Gasteiger partial charge in [-0.2, -0.15) is 8.75 Å². The molecule has 1 N–H and O–H groups in total. The van der Waals surface area contributed by atoms with Crippen molar-refractivity contribution in [2.75, 3.05) is 6.54 Å². The molecule has 0 fully saturated rings. The second-order valence-corrected chi connectivity index (χ2v) is 15.8. The van der Waals surface area contributed by atoms with Crippen LogP contribution in [0, 0.1) is 5.41 Å². The number of thiophene rings is 3. The molecule has 0 atom stereocenters. The number of allylic oxidation sites excluding steroid dienone is 4. The summed E-state index contributed by atoms with van der Waals surface area (Å²) in [7, 11) is 0. The van der Waals surface area contributed by atoms with Crippen LogP contribution in [0.3, 0.4) is 0 Å². The number of aromatic nitrogens is 2. The molecule has 1 aromatic carbocycles. The minimum absolute atomic E-state index is 0.204. The van der Waals surface area contributed by atoms with Crippen molar-refractivity contribution in [2.45, 2.75) is 72.6 Å². The summed E-state index contributed by atoms with van der Waals surface area (Å²) in [5, 5.41) is 9.05. The highest BCUT2D eigenvalue weighted by atomic mass is 32.1. The van der Waals surface area contributed by atoms with Gasteiger partial charge in [-0.1, -0.05) is 77.7 Å². The van der Waals surface area contributed by atoms with Gasteiger partial charge < -0.3 is 0 Å². The van der Waals surface area contributed by atoms with Crippen LogP contribution < -0.4 is 0 Å². The van der Waals surface area contributed by atoms with E-state index >= 15 is 0 Å². The Bertz CT molecular complexity index is 2130. The average Bonchev–Trinajstić information content (AvgIpc) is 3.98. The quantitative estimate of drug-likeness (QED) is 0.0573. The van der Waals surface area contributed by atoms with Crippen molar-refractivity contribution in [3.8, 4) is 20.9 Å². The van der Waals surface area contributed by atoms with Gasteiger partial charge in [0.1, 0.15) is 21.6 Å². The summed E-state index contributed by atoms with van der Waals surface area (Å²) in [5.41, 5.74) is 6.50. The summed E-state index contributed by atoms with van der Waals surface area (Å²) in [6, 6.07) is 14.3. The Morgan fingerprint density at radius 3 is 2.10 bits per heavy atom. The number of nitrogens with zero attached hydrogens (tertiary/aromatic N) is 4. The van der Waals surface area contributed by atoms with E-state index < -0.39 is 0 Å². The lowest BCUT2D eigenvalue weighted by atomic mass is 9.92. The van der Waals surface area contributed by atoms with Crippen molar-refractivity contribution in [3.05, 3.63) is 79.7 Å². The summed E-state index contributed by atoms with van der Waals surface area (Å²) in [6.45, 7) is 8.73. The van der Waals surface area contributed by atoms with Crippen LogP contribution >= 0.6 is 58.6 Å². The number of amides is 2. The maximum absolute atomic E-state index is 13.0. The molecular weight excluding hydrogens is 719 g/mol. The topological polar surface area (TPSA) is 99.4 Å². The molecule has 0 unspecified atom stereocenters. The normalized spacial score (nSPS) is 15.1. The number of imide groups is 1. The number of carbonyl (C=O) groups excluding carboxylic acids is 2. The van der Waals surface area contributed by atoms with Crippen LogP contribution in [0.1, 0.15) is 101 Å². The first kappa shape index (κ1) is 36.2. The fourth-order valence-corrected chi connectivity index (χ4v) is 10.1. The zero-order valence-corrected chi connectivity index (χ0v) is 32.7. The Balaban J connectivity index is 0.00000212. The lowest BCUT2D eigenvalue weighted by Crippen LogP contribution is -2.30. The van der Waals surface area contributed by atoms with E-state index in [-0.39, 0.29) is 11.8 Å². The van der Waals surface area contributed by atoms with E-state index in [0.717, 1.165) is 83.8 Å². The molecule has 0 bridgehead atoms. The monoisotopic (exact) mass is 757 g/mol. The molecule has 1 aliphatic heterocycles. The zero-order valence-electron chi connectivity index (χ0n) is 28.5. The zero-order chi connectivity index (χ0) is 35.4. The number of unbranched alkanes of at least 4 members (excludes halogenated alkanes) is 4. The fraction of sp³-hybridized carbons (Fsp3) is 0.316. The average molecular weight is 758 g/mol. The van der Waals surface area contributed by atoms with Gasteiger partial charge >= 0.3 is 0 Å². The molecule has 1 aliphatic carbocycles. The highest BCUT2D eigenvalue weighted by Gasteiger charge is 2.38. The number of hydrogen-bond donors (Lipinski definition) is 2. The van der Waals surface area contributed by atoms with Crippen molar-refractivity contribution in [1.29, 1.82) is 5.41 Å². The van der Waals surface area contributed by atoms with Crippen LogP contribution in [-0.2, 0) is 6.42 Å². The molecule has 12 heteroatoms. The van der Waals surface area contributed by atoms with Crippen LogP contribution in [0.25, 0.3) is 43.1 Å². The molecule has 7 nitrogen and oxygen atoms in total. The van der Waals surface area contributed by atoms with Gasteiger partial charge in [-0.3, -0.25) is 19.9 Å². The van der Waals surface area contributed by atoms with Gasteiger partial charge in [0.05, 0.1) is 23.0 Å². The summed E-state index contributed by atoms with van der Waals surface area (Å²) in [6.07, 6.45) is 11.8. The molecule has 7 rings (SSSR count). The summed E-state index contributed by atoms with van der Waals surface area (Å²) in [5.74, 6) is -0.417. The third-order valence-corrected chi connectivity index (χ3v) is 12.9. The van der Waals surface area contributed by atoms with Crippen molar-refractivity contribution < 1.29 is 9.59 Å². The highest BCUT2D eigenvalue weighted by Crippen LogP contribution is 2.43. The van der Waals surface area contributed by atoms with Crippen molar-refractivity contribution in [3.63, 3.8) is 0 Å². The molecule has 5 aromatic rings. The van der Waals surface area contributed by atoms with Crippen LogP contribution in [0.5, 0.6) is 0 Å². The maximum Gasteiger partial charge on any atom is 0.271 e. The number of hydrogen-bond acceptors (Lipinski definition) is 11. The predicted molar refractivity (Wildman–Crippen MR) is 218 cm³/mol. The smallest absolute Gasteiger partial charge is 0.271 e. The second kappa shape index (κ2) is 16.2. The predicted octanol–water partition coefficient (Wildman–Crippen LogP) is 11.5. The Kier molecular flexibility index (Phi) is 11.7. The summed E-state index contributed by atoms with van der Waals surface area (Å²) in [4.78, 5) is 33.2. The molecular formula is C38H39N5O2S5. The van der Waals surface area contributed by atoms with E-state index in [0.29, 0.717) is 28.4 Å². The van der Waals surface area contributed by atoms with Crippen LogP contribution in [-0.4, -0.2) is 43.4 Å². The first-order valence-corrected chi connectivity index (χ1v) is 20.7. The molecule has 5 heterocycles. The second-order valence-electron chi connectivity index (χ2n) is 11.8. The van der Waals surface area contributed by atoms with Gasteiger partial charge in [0.2, 0.25) is 0 Å². The first-order valence-electron chi connectivity index (χ1n) is 17.1. The van der Waals surface area contributed by atoms with Gasteiger partial charge in [-0.25, -0.2) is 4.40 Å². The van der Waals surface area contributed by atoms with E-state index in [9.17, 15) is 9.59 Å². The van der Waals surface area contributed by atoms with Gasteiger partial charge in [0.25, 0.3) is 11.8 Å². The molecule has 258 valence electrons. The minimum atomic E-state index is -0.213. The summed E-state index contributed by atoms with van der Waals surface area (Å²) < 4.78 is 13.6. The van der Waals surface area contributed by atoms with E-state index in [2.05, 4.69) is 57.1 Å². The molecule has 50 heavy (non-hydrogen) atoms. The van der Waals surface area contributed by atoms with Crippen molar-refractivity contribution in [2.24, 2.45) is 4.40 Å². The number of benzene rings is 1. The Morgan fingerprint density at radius 1 is 0.740 bits per heavy atom. The standard InChI is InChI=1S/C36H33N5O2S5.C2H6/c1-3-5-7-8-9-20-10-15-26(45-20)21-11-12-22(31(38-44)30(21)37)27-16-17-28(46-27)23-13-14-24(33-32(23)39-48-40-33)29-19-25-34(47-29)36(43)41(35(25)42)18-6-4-2;1-2/h10-17,19,37,44H,3-9,18H2,1-2H3;1-2H3/b37-30?,38-31-;. The third-order valence-electron chi connectivity index (χ3n) is 8.68.